The molecule has 3 rings (SSSR count). The topological polar surface area (TPSA) is 67.4 Å². The smallest absolute Gasteiger partial charge is 0.234 e. The Morgan fingerprint density at radius 2 is 2.26 bits per heavy atom. The van der Waals surface area contributed by atoms with Crippen molar-refractivity contribution in [3.63, 3.8) is 0 Å². The van der Waals surface area contributed by atoms with E-state index in [2.05, 4.69) is 16.1 Å². The fourth-order valence-electron chi connectivity index (χ4n) is 4.02. The molecular weight excluding hydrogens is 312 g/mol. The standard InChI is InChI=1S/C17H26N2O3S/c1-22-10-11-23(20,21)19-15-5-2-4-14(12-15)17-7-3-6-16(13-17)18-9-8-17/h2,4-5,12,16,18-19H,3,6-11,13H2,1H3. The van der Waals surface area contributed by atoms with Crippen LogP contribution in [0, 0.1) is 0 Å². The van der Waals surface area contributed by atoms with Gasteiger partial charge in [0.05, 0.1) is 12.4 Å². The van der Waals surface area contributed by atoms with Gasteiger partial charge in [-0.1, -0.05) is 18.6 Å². The summed E-state index contributed by atoms with van der Waals surface area (Å²) in [7, 11) is -1.85. The third-order valence-corrected chi connectivity index (χ3v) is 6.44. The van der Waals surface area contributed by atoms with Crippen molar-refractivity contribution in [3.05, 3.63) is 29.8 Å². The number of nitrogens with one attached hydrogen (secondary N) is 2. The third-order valence-electron chi connectivity index (χ3n) is 5.19. The Hall–Kier alpha value is -1.11. The zero-order valence-electron chi connectivity index (χ0n) is 13.7. The Balaban J connectivity index is 1.80. The quantitative estimate of drug-likeness (QED) is 0.835. The zero-order chi connectivity index (χ0) is 16.3. The Morgan fingerprint density at radius 1 is 1.39 bits per heavy atom. The molecule has 1 saturated carbocycles. The van der Waals surface area contributed by atoms with Crippen LogP contribution in [0.3, 0.4) is 0 Å². The van der Waals surface area contributed by atoms with Crippen LogP contribution in [-0.4, -0.2) is 40.5 Å². The predicted molar refractivity (Wildman–Crippen MR) is 92.3 cm³/mol. The van der Waals surface area contributed by atoms with Crippen LogP contribution in [0.5, 0.6) is 0 Å². The minimum absolute atomic E-state index is 0.0230. The second-order valence-electron chi connectivity index (χ2n) is 6.77. The highest BCUT2D eigenvalue weighted by atomic mass is 32.2. The molecule has 128 valence electrons. The molecule has 2 N–H and O–H groups in total. The SMILES string of the molecule is COCCS(=O)(=O)Nc1cccc(C23CCCC(C2)NCC3)c1. The lowest BCUT2D eigenvalue weighted by Gasteiger charge is -2.46. The summed E-state index contributed by atoms with van der Waals surface area (Å²) in [4.78, 5) is 0. The van der Waals surface area contributed by atoms with Crippen LogP contribution < -0.4 is 10.0 Å². The number of ether oxygens (including phenoxy) is 1. The second-order valence-corrected chi connectivity index (χ2v) is 8.61. The Bertz CT molecular complexity index is 635. The Kier molecular flexibility index (Phi) is 4.94. The maximum Gasteiger partial charge on any atom is 0.234 e. The van der Waals surface area contributed by atoms with E-state index < -0.39 is 10.0 Å². The molecule has 5 nitrogen and oxygen atoms in total. The molecule has 1 saturated heterocycles. The molecule has 1 aliphatic heterocycles. The van der Waals surface area contributed by atoms with E-state index in [1.165, 1.54) is 31.9 Å². The number of hydrogen-bond donors (Lipinski definition) is 2. The van der Waals surface area contributed by atoms with Crippen molar-refractivity contribution >= 4 is 15.7 Å². The number of sulfonamides is 1. The van der Waals surface area contributed by atoms with Gasteiger partial charge in [0.25, 0.3) is 0 Å². The molecule has 0 radical (unpaired) electrons. The highest BCUT2D eigenvalue weighted by Crippen LogP contribution is 2.44. The van der Waals surface area contributed by atoms with E-state index in [4.69, 9.17) is 4.74 Å². The van der Waals surface area contributed by atoms with E-state index >= 15 is 0 Å². The largest absolute Gasteiger partial charge is 0.384 e. The van der Waals surface area contributed by atoms with Gasteiger partial charge >= 0.3 is 0 Å². The molecule has 1 heterocycles. The summed E-state index contributed by atoms with van der Waals surface area (Å²) in [5.41, 5.74) is 2.14. The molecule has 2 fully saturated rings. The average molecular weight is 338 g/mol. The van der Waals surface area contributed by atoms with Gasteiger partial charge in [0.1, 0.15) is 0 Å². The fraction of sp³-hybridized carbons (Fsp3) is 0.647. The first-order chi connectivity index (χ1) is 11.0. The lowest BCUT2D eigenvalue weighted by Crippen LogP contribution is -2.49. The van der Waals surface area contributed by atoms with Crippen LogP contribution >= 0.6 is 0 Å². The summed E-state index contributed by atoms with van der Waals surface area (Å²) >= 11 is 0. The zero-order valence-corrected chi connectivity index (χ0v) is 14.5. The van der Waals surface area contributed by atoms with Gasteiger partial charge in [0.15, 0.2) is 0 Å². The molecule has 2 unspecified atom stereocenters. The molecule has 0 spiro atoms. The number of anilines is 1. The summed E-state index contributed by atoms with van der Waals surface area (Å²) in [5.74, 6) is -0.0230. The molecule has 2 aliphatic rings. The second kappa shape index (κ2) is 6.79. The Labute approximate surface area is 138 Å². The average Bonchev–Trinajstić information content (AvgIpc) is 2.53. The number of hydrogen-bond acceptors (Lipinski definition) is 4. The number of piperidine rings is 1. The van der Waals surface area contributed by atoms with E-state index in [1.807, 2.05) is 18.2 Å². The first-order valence-corrected chi connectivity index (χ1v) is 10.0. The molecule has 1 aliphatic carbocycles. The van der Waals surface area contributed by atoms with E-state index in [1.54, 1.807) is 0 Å². The van der Waals surface area contributed by atoms with E-state index in [0.29, 0.717) is 11.7 Å². The van der Waals surface area contributed by atoms with E-state index in [9.17, 15) is 8.42 Å². The van der Waals surface area contributed by atoms with Crippen LogP contribution in [0.4, 0.5) is 5.69 Å². The molecule has 0 amide bonds. The van der Waals surface area contributed by atoms with Gasteiger partial charge < -0.3 is 10.1 Å². The monoisotopic (exact) mass is 338 g/mol. The Morgan fingerprint density at radius 3 is 3.09 bits per heavy atom. The maximum atomic E-state index is 12.1. The van der Waals surface area contributed by atoms with Gasteiger partial charge in [0, 0.05) is 18.8 Å². The highest BCUT2D eigenvalue weighted by Gasteiger charge is 2.40. The predicted octanol–water partition coefficient (Wildman–Crippen LogP) is 2.25. The third kappa shape index (κ3) is 3.87. The van der Waals surface area contributed by atoms with Crippen LogP contribution in [-0.2, 0) is 20.2 Å². The van der Waals surface area contributed by atoms with Gasteiger partial charge in [-0.05, 0) is 55.3 Å². The molecular formula is C17H26N2O3S. The van der Waals surface area contributed by atoms with Crippen molar-refractivity contribution in [1.29, 1.82) is 0 Å². The van der Waals surface area contributed by atoms with Gasteiger partial charge in [0.2, 0.25) is 10.0 Å². The molecule has 2 bridgehead atoms. The molecule has 2 atom stereocenters. The van der Waals surface area contributed by atoms with Crippen molar-refractivity contribution in [1.82, 2.24) is 5.32 Å². The minimum Gasteiger partial charge on any atom is -0.384 e. The molecule has 0 aromatic heterocycles. The summed E-state index contributed by atoms with van der Waals surface area (Å²) in [6.07, 6.45) is 5.98. The summed E-state index contributed by atoms with van der Waals surface area (Å²) in [5, 5.41) is 3.60. The fourth-order valence-corrected chi connectivity index (χ4v) is 5.00. The van der Waals surface area contributed by atoms with Crippen molar-refractivity contribution in [2.45, 2.75) is 43.6 Å². The van der Waals surface area contributed by atoms with Crippen molar-refractivity contribution in [2.75, 3.05) is 30.7 Å². The van der Waals surface area contributed by atoms with Crippen LogP contribution in [0.25, 0.3) is 0 Å². The summed E-state index contributed by atoms with van der Waals surface area (Å²) < 4.78 is 31.7. The first kappa shape index (κ1) is 16.7. The maximum absolute atomic E-state index is 12.1. The summed E-state index contributed by atoms with van der Waals surface area (Å²) in [6.45, 7) is 1.25. The normalized spacial score (nSPS) is 27.6. The van der Waals surface area contributed by atoms with Crippen LogP contribution in [0.15, 0.2) is 24.3 Å². The van der Waals surface area contributed by atoms with Gasteiger partial charge in [-0.2, -0.15) is 0 Å². The number of methoxy groups -OCH3 is 1. The van der Waals surface area contributed by atoms with E-state index in [0.717, 1.165) is 19.4 Å². The van der Waals surface area contributed by atoms with Gasteiger partial charge in [-0.3, -0.25) is 4.72 Å². The van der Waals surface area contributed by atoms with Crippen molar-refractivity contribution in [3.8, 4) is 0 Å². The molecule has 1 aromatic carbocycles. The highest BCUT2D eigenvalue weighted by molar-refractivity contribution is 7.92. The molecule has 23 heavy (non-hydrogen) atoms. The van der Waals surface area contributed by atoms with Crippen molar-refractivity contribution < 1.29 is 13.2 Å². The number of fused-ring (bicyclic) bond motifs is 2. The van der Waals surface area contributed by atoms with Crippen LogP contribution in [0.1, 0.15) is 37.7 Å². The number of benzene rings is 1. The van der Waals surface area contributed by atoms with Crippen LogP contribution in [0.2, 0.25) is 0 Å². The lowest BCUT2D eigenvalue weighted by atomic mass is 9.64. The van der Waals surface area contributed by atoms with Crippen molar-refractivity contribution in [2.24, 2.45) is 0 Å². The first-order valence-electron chi connectivity index (χ1n) is 8.36. The van der Waals surface area contributed by atoms with Gasteiger partial charge in [-0.15, -0.1) is 0 Å². The molecule has 6 heteroatoms. The lowest BCUT2D eigenvalue weighted by molar-refractivity contribution is 0.180. The number of rotatable bonds is 6. The van der Waals surface area contributed by atoms with Gasteiger partial charge in [-0.25, -0.2) is 8.42 Å². The van der Waals surface area contributed by atoms with E-state index in [-0.39, 0.29) is 17.8 Å². The minimum atomic E-state index is -3.35. The molecule has 1 aromatic rings. The summed E-state index contributed by atoms with van der Waals surface area (Å²) in [6, 6.07) is 8.58.